The first-order valence-electron chi connectivity index (χ1n) is 10.1. The summed E-state index contributed by atoms with van der Waals surface area (Å²) in [7, 11) is 0. The van der Waals surface area contributed by atoms with Crippen molar-refractivity contribution in [3.63, 3.8) is 0 Å². The van der Waals surface area contributed by atoms with Crippen molar-refractivity contribution in [2.45, 2.75) is 50.7 Å². The fraction of sp³-hybridized carbons (Fsp3) is 0.524. The summed E-state index contributed by atoms with van der Waals surface area (Å²) in [5.74, 6) is -3.71. The van der Waals surface area contributed by atoms with E-state index in [1.807, 2.05) is 0 Å². The number of carboxylic acid groups (broad SMARTS) is 3. The Morgan fingerprint density at radius 2 is 1.19 bits per heavy atom. The number of hydrogen-bond donors (Lipinski definition) is 4. The Kier molecular flexibility index (Phi) is 8.95. The number of rotatable bonds is 12. The Morgan fingerprint density at radius 3 is 1.65 bits per heavy atom. The number of carbonyl (C=O) groups is 4. The van der Waals surface area contributed by atoms with Gasteiger partial charge in [-0.1, -0.05) is 37.1 Å². The molecule has 0 radical (unpaired) electrons. The molecule has 0 heterocycles. The van der Waals surface area contributed by atoms with Crippen molar-refractivity contribution in [1.82, 2.24) is 9.80 Å². The standard InChI is InChI=1S/C21H29N3O7/c22-18(25)9-14-5-7-15(8-6-14)10-23(11-19(26)27)16-3-1-2-4-17(16)24(12-20(28)29)13-21(30)31/h5-8,16-17H,1-4,9-13H2,(H2,22,25)(H,26,27)(H,28,29)(H,30,31). The van der Waals surface area contributed by atoms with Crippen LogP contribution in [-0.4, -0.2) is 80.7 Å². The highest BCUT2D eigenvalue weighted by molar-refractivity contribution is 5.76. The summed E-state index contributed by atoms with van der Waals surface area (Å²) < 4.78 is 0. The Morgan fingerprint density at radius 1 is 0.774 bits per heavy atom. The van der Waals surface area contributed by atoms with Gasteiger partial charge in [0.25, 0.3) is 0 Å². The van der Waals surface area contributed by atoms with E-state index in [4.69, 9.17) is 5.73 Å². The lowest BCUT2D eigenvalue weighted by Crippen LogP contribution is -2.56. The molecule has 0 aliphatic heterocycles. The van der Waals surface area contributed by atoms with Crippen molar-refractivity contribution in [2.24, 2.45) is 5.73 Å². The summed E-state index contributed by atoms with van der Waals surface area (Å²) in [6, 6.07) is 6.45. The molecule has 1 fully saturated rings. The van der Waals surface area contributed by atoms with Gasteiger partial charge in [0.05, 0.1) is 26.1 Å². The quantitative estimate of drug-likeness (QED) is 0.364. The third kappa shape index (κ3) is 7.99. The smallest absolute Gasteiger partial charge is 0.317 e. The molecule has 1 aliphatic rings. The van der Waals surface area contributed by atoms with Crippen molar-refractivity contribution < 1.29 is 34.5 Å². The molecule has 10 heteroatoms. The number of nitrogens with zero attached hydrogens (tertiary/aromatic N) is 2. The zero-order valence-corrected chi connectivity index (χ0v) is 17.3. The van der Waals surface area contributed by atoms with Crippen molar-refractivity contribution in [3.05, 3.63) is 35.4 Å². The summed E-state index contributed by atoms with van der Waals surface area (Å²) in [4.78, 5) is 48.4. The van der Waals surface area contributed by atoms with E-state index in [9.17, 15) is 34.5 Å². The van der Waals surface area contributed by atoms with Crippen LogP contribution in [0.3, 0.4) is 0 Å². The minimum Gasteiger partial charge on any atom is -0.480 e. The topological polar surface area (TPSA) is 161 Å². The lowest BCUT2D eigenvalue weighted by Gasteiger charge is -2.44. The first-order valence-corrected chi connectivity index (χ1v) is 10.1. The molecule has 1 saturated carbocycles. The van der Waals surface area contributed by atoms with Crippen molar-refractivity contribution in [3.8, 4) is 0 Å². The monoisotopic (exact) mass is 435 g/mol. The van der Waals surface area contributed by atoms with E-state index in [2.05, 4.69) is 0 Å². The highest BCUT2D eigenvalue weighted by Gasteiger charge is 2.36. The fourth-order valence-electron chi connectivity index (χ4n) is 4.24. The van der Waals surface area contributed by atoms with Gasteiger partial charge in [-0.2, -0.15) is 0 Å². The molecule has 0 spiro atoms. The molecular weight excluding hydrogens is 406 g/mol. The van der Waals surface area contributed by atoms with Gasteiger partial charge in [0.15, 0.2) is 0 Å². The molecule has 0 saturated heterocycles. The molecule has 1 aromatic carbocycles. The molecule has 1 amide bonds. The number of aliphatic carboxylic acids is 3. The molecule has 31 heavy (non-hydrogen) atoms. The van der Waals surface area contributed by atoms with Crippen LogP contribution in [0, 0.1) is 0 Å². The molecular formula is C21H29N3O7. The van der Waals surface area contributed by atoms with Crippen LogP contribution in [0.15, 0.2) is 24.3 Å². The van der Waals surface area contributed by atoms with Crippen LogP contribution >= 0.6 is 0 Å². The molecule has 2 unspecified atom stereocenters. The SMILES string of the molecule is NC(=O)Cc1ccc(CN(CC(=O)O)C2CCCCC2N(CC(=O)O)CC(=O)O)cc1. The second-order valence-electron chi connectivity index (χ2n) is 7.87. The van der Waals surface area contributed by atoms with E-state index in [0.717, 1.165) is 24.0 Å². The normalized spacial score (nSPS) is 18.8. The van der Waals surface area contributed by atoms with E-state index < -0.39 is 36.9 Å². The van der Waals surface area contributed by atoms with Gasteiger partial charge in [-0.05, 0) is 24.0 Å². The van der Waals surface area contributed by atoms with Crippen molar-refractivity contribution in [1.29, 1.82) is 0 Å². The zero-order valence-electron chi connectivity index (χ0n) is 17.3. The molecule has 0 bridgehead atoms. The summed E-state index contributed by atoms with van der Waals surface area (Å²) in [6.07, 6.45) is 3.03. The highest BCUT2D eigenvalue weighted by atomic mass is 16.4. The first-order chi connectivity index (χ1) is 14.7. The number of carbonyl (C=O) groups excluding carboxylic acids is 1. The first kappa shape index (κ1) is 24.3. The van der Waals surface area contributed by atoms with Gasteiger partial charge in [0.2, 0.25) is 5.91 Å². The van der Waals surface area contributed by atoms with Gasteiger partial charge in [-0.15, -0.1) is 0 Å². The second-order valence-corrected chi connectivity index (χ2v) is 7.87. The number of amides is 1. The van der Waals surface area contributed by atoms with E-state index in [1.54, 1.807) is 29.2 Å². The Hall–Kier alpha value is -2.98. The molecule has 2 rings (SSSR count). The molecule has 170 valence electrons. The van der Waals surface area contributed by atoms with E-state index in [-0.39, 0.29) is 25.0 Å². The van der Waals surface area contributed by atoms with Crippen molar-refractivity contribution >= 4 is 23.8 Å². The minimum absolute atomic E-state index is 0.114. The van der Waals surface area contributed by atoms with Crippen LogP contribution in [-0.2, 0) is 32.1 Å². The van der Waals surface area contributed by atoms with Crippen LogP contribution in [0.2, 0.25) is 0 Å². The lowest BCUT2D eigenvalue weighted by atomic mass is 9.87. The van der Waals surface area contributed by atoms with Crippen LogP contribution in [0.5, 0.6) is 0 Å². The van der Waals surface area contributed by atoms with Crippen LogP contribution in [0.4, 0.5) is 0 Å². The number of primary amides is 1. The Bertz CT molecular complexity index is 781. The third-order valence-electron chi connectivity index (χ3n) is 5.43. The Labute approximate surface area is 180 Å². The van der Waals surface area contributed by atoms with Gasteiger partial charge < -0.3 is 21.1 Å². The maximum absolute atomic E-state index is 11.6. The predicted octanol–water partition coefficient (Wildman–Crippen LogP) is 0.383. The van der Waals surface area contributed by atoms with Gasteiger partial charge >= 0.3 is 17.9 Å². The molecule has 1 aromatic rings. The average Bonchev–Trinajstić information content (AvgIpc) is 2.67. The van der Waals surface area contributed by atoms with Crippen LogP contribution in [0.25, 0.3) is 0 Å². The van der Waals surface area contributed by atoms with E-state index >= 15 is 0 Å². The second kappa shape index (κ2) is 11.4. The molecule has 5 N–H and O–H groups in total. The molecule has 0 aromatic heterocycles. The van der Waals surface area contributed by atoms with Crippen molar-refractivity contribution in [2.75, 3.05) is 19.6 Å². The maximum Gasteiger partial charge on any atom is 0.317 e. The number of hydrogen-bond acceptors (Lipinski definition) is 6. The van der Waals surface area contributed by atoms with Crippen LogP contribution in [0.1, 0.15) is 36.8 Å². The summed E-state index contributed by atoms with van der Waals surface area (Å²) in [6.45, 7) is -0.789. The maximum atomic E-state index is 11.6. The average molecular weight is 435 g/mol. The predicted molar refractivity (Wildman–Crippen MR) is 110 cm³/mol. The third-order valence-corrected chi connectivity index (χ3v) is 5.43. The minimum atomic E-state index is -1.12. The molecule has 2 atom stereocenters. The number of benzene rings is 1. The van der Waals surface area contributed by atoms with Gasteiger partial charge in [-0.3, -0.25) is 29.0 Å². The Balaban J connectivity index is 2.25. The molecule has 1 aliphatic carbocycles. The fourth-order valence-corrected chi connectivity index (χ4v) is 4.24. The zero-order chi connectivity index (χ0) is 23.0. The summed E-state index contributed by atoms with van der Waals surface area (Å²) in [5.41, 5.74) is 6.80. The van der Waals surface area contributed by atoms with E-state index in [1.165, 1.54) is 4.90 Å². The highest BCUT2D eigenvalue weighted by Crippen LogP contribution is 2.28. The number of nitrogens with two attached hydrogens (primary N) is 1. The van der Waals surface area contributed by atoms with Gasteiger partial charge in [-0.25, -0.2) is 0 Å². The molecule has 10 nitrogen and oxygen atoms in total. The van der Waals surface area contributed by atoms with Crippen LogP contribution < -0.4 is 5.73 Å². The van der Waals surface area contributed by atoms with E-state index in [0.29, 0.717) is 19.4 Å². The summed E-state index contributed by atoms with van der Waals surface area (Å²) >= 11 is 0. The summed E-state index contributed by atoms with van der Waals surface area (Å²) in [5, 5.41) is 27.9. The van der Waals surface area contributed by atoms with Gasteiger partial charge in [0.1, 0.15) is 0 Å². The number of carboxylic acids is 3. The van der Waals surface area contributed by atoms with Gasteiger partial charge in [0, 0.05) is 18.6 Å². The lowest BCUT2D eigenvalue weighted by molar-refractivity contribution is -0.146. The largest absolute Gasteiger partial charge is 0.480 e.